The van der Waals surface area contributed by atoms with Crippen LogP contribution in [-0.2, 0) is 4.79 Å². The Balaban J connectivity index is 1.48. The molecule has 3 aromatic rings. The van der Waals surface area contributed by atoms with Gasteiger partial charge in [0.2, 0.25) is 5.91 Å². The van der Waals surface area contributed by atoms with E-state index in [9.17, 15) is 14.9 Å². The molecule has 5 nitrogen and oxygen atoms in total. The molecule has 5 heteroatoms. The van der Waals surface area contributed by atoms with Crippen LogP contribution in [0.3, 0.4) is 0 Å². The molecule has 0 saturated carbocycles. The molecule has 138 valence electrons. The largest absolute Gasteiger partial charge is 0.326 e. The van der Waals surface area contributed by atoms with Crippen molar-refractivity contribution >= 4 is 17.3 Å². The minimum Gasteiger partial charge on any atom is -0.326 e. The predicted molar refractivity (Wildman–Crippen MR) is 106 cm³/mol. The molecule has 2 bridgehead atoms. The van der Waals surface area contributed by atoms with Gasteiger partial charge < -0.3 is 5.32 Å². The molecule has 28 heavy (non-hydrogen) atoms. The summed E-state index contributed by atoms with van der Waals surface area (Å²) in [5, 5.41) is 13.8. The first-order valence-corrected chi connectivity index (χ1v) is 9.36. The molecule has 1 N–H and O–H groups in total. The minimum atomic E-state index is -0.445. The van der Waals surface area contributed by atoms with E-state index in [1.165, 1.54) is 34.4 Å². The number of hydrogen-bond acceptors (Lipinski definition) is 3. The van der Waals surface area contributed by atoms with Gasteiger partial charge in [-0.3, -0.25) is 14.9 Å². The van der Waals surface area contributed by atoms with E-state index in [4.69, 9.17) is 0 Å². The summed E-state index contributed by atoms with van der Waals surface area (Å²) >= 11 is 0. The number of anilines is 1. The lowest BCUT2D eigenvalue weighted by Crippen LogP contribution is -2.38. The number of rotatable bonds is 3. The van der Waals surface area contributed by atoms with Crippen LogP contribution in [0.1, 0.15) is 40.5 Å². The molecule has 3 aliphatic carbocycles. The fourth-order valence-electron chi connectivity index (χ4n) is 4.80. The highest BCUT2D eigenvalue weighted by atomic mass is 16.6. The van der Waals surface area contributed by atoms with Crippen LogP contribution >= 0.6 is 0 Å². The number of nitro groups is 1. The summed E-state index contributed by atoms with van der Waals surface area (Å²) in [6, 6.07) is 22.8. The smallest absolute Gasteiger partial charge is 0.269 e. The van der Waals surface area contributed by atoms with E-state index in [0.717, 1.165) is 6.42 Å². The molecule has 0 aromatic heterocycles. The van der Waals surface area contributed by atoms with Crippen LogP contribution < -0.4 is 5.32 Å². The van der Waals surface area contributed by atoms with Crippen molar-refractivity contribution < 1.29 is 9.72 Å². The Kier molecular flexibility index (Phi) is 3.76. The highest BCUT2D eigenvalue weighted by molar-refractivity contribution is 5.94. The molecular formula is C23H18N2O3. The van der Waals surface area contributed by atoms with Gasteiger partial charge in [-0.05, 0) is 40.8 Å². The number of amides is 1. The van der Waals surface area contributed by atoms with Crippen LogP contribution in [0.5, 0.6) is 0 Å². The zero-order valence-corrected chi connectivity index (χ0v) is 15.0. The van der Waals surface area contributed by atoms with E-state index in [0.29, 0.717) is 5.69 Å². The molecule has 0 saturated heterocycles. The second kappa shape index (κ2) is 6.30. The second-order valence-electron chi connectivity index (χ2n) is 7.42. The topological polar surface area (TPSA) is 72.2 Å². The maximum absolute atomic E-state index is 13.2. The van der Waals surface area contributed by atoms with Gasteiger partial charge in [0, 0.05) is 29.7 Å². The molecule has 6 rings (SSSR count). The number of fused-ring (bicyclic) bond motifs is 1. The van der Waals surface area contributed by atoms with Gasteiger partial charge in [0.15, 0.2) is 0 Å². The summed E-state index contributed by atoms with van der Waals surface area (Å²) in [7, 11) is 0. The van der Waals surface area contributed by atoms with Gasteiger partial charge in [-0.15, -0.1) is 0 Å². The van der Waals surface area contributed by atoms with E-state index in [-0.39, 0.29) is 29.3 Å². The van der Waals surface area contributed by atoms with Crippen molar-refractivity contribution in [2.24, 2.45) is 5.92 Å². The molecule has 0 aliphatic heterocycles. The van der Waals surface area contributed by atoms with Crippen LogP contribution in [0, 0.1) is 16.0 Å². The summed E-state index contributed by atoms with van der Waals surface area (Å²) in [4.78, 5) is 23.5. The van der Waals surface area contributed by atoms with Crippen LogP contribution in [-0.4, -0.2) is 10.8 Å². The summed E-state index contributed by atoms with van der Waals surface area (Å²) in [6.45, 7) is 0. The lowest BCUT2D eigenvalue weighted by Gasteiger charge is -2.44. The van der Waals surface area contributed by atoms with E-state index in [1.54, 1.807) is 12.1 Å². The highest BCUT2D eigenvalue weighted by Gasteiger charge is 2.45. The first-order chi connectivity index (χ1) is 13.6. The standard InChI is InChI=1S/C23H18N2O3/c26-23(24-14-9-11-15(12-10-14)25(27)28)21-13-20-16-5-1-3-7-18(16)22(21)19-8-4-2-6-17(19)20/h1-12,20-22H,13H2,(H,24,26). The van der Waals surface area contributed by atoms with Gasteiger partial charge in [0.05, 0.1) is 10.8 Å². The van der Waals surface area contributed by atoms with Crippen LogP contribution in [0.25, 0.3) is 0 Å². The minimum absolute atomic E-state index is 0.0116. The average molecular weight is 370 g/mol. The third-order valence-electron chi connectivity index (χ3n) is 5.99. The maximum atomic E-state index is 13.2. The first-order valence-electron chi connectivity index (χ1n) is 9.36. The van der Waals surface area contributed by atoms with Crippen LogP contribution in [0.15, 0.2) is 72.8 Å². The number of nitrogens with zero attached hydrogens (tertiary/aromatic N) is 1. The Hall–Kier alpha value is -3.47. The van der Waals surface area contributed by atoms with Crippen molar-refractivity contribution in [3.63, 3.8) is 0 Å². The Morgan fingerprint density at radius 3 is 1.93 bits per heavy atom. The van der Waals surface area contributed by atoms with E-state index < -0.39 is 4.92 Å². The zero-order valence-electron chi connectivity index (χ0n) is 15.0. The maximum Gasteiger partial charge on any atom is 0.269 e. The van der Waals surface area contributed by atoms with Gasteiger partial charge in [-0.25, -0.2) is 0 Å². The van der Waals surface area contributed by atoms with E-state index in [2.05, 4.69) is 41.7 Å². The van der Waals surface area contributed by atoms with Crippen molar-refractivity contribution in [2.75, 3.05) is 5.32 Å². The van der Waals surface area contributed by atoms with Gasteiger partial charge in [-0.2, -0.15) is 0 Å². The molecule has 0 heterocycles. The lowest BCUT2D eigenvalue weighted by molar-refractivity contribution is -0.384. The molecule has 0 radical (unpaired) electrons. The number of carbonyl (C=O) groups excluding carboxylic acids is 1. The van der Waals surface area contributed by atoms with Gasteiger partial charge in [0.1, 0.15) is 0 Å². The van der Waals surface area contributed by atoms with Crippen molar-refractivity contribution in [3.8, 4) is 0 Å². The quantitative estimate of drug-likeness (QED) is 0.530. The predicted octanol–water partition coefficient (Wildman–Crippen LogP) is 4.83. The number of benzene rings is 3. The van der Waals surface area contributed by atoms with Crippen LogP contribution in [0.4, 0.5) is 11.4 Å². The van der Waals surface area contributed by atoms with Crippen molar-refractivity contribution in [2.45, 2.75) is 18.3 Å². The third-order valence-corrected chi connectivity index (χ3v) is 5.99. The molecule has 1 unspecified atom stereocenters. The SMILES string of the molecule is O=C(Nc1ccc([N+](=O)[O-])cc1)C1CC2c3ccccc3C1c1ccccc12. The summed E-state index contributed by atoms with van der Waals surface area (Å²) in [5.41, 5.74) is 5.72. The average Bonchev–Trinajstić information content (AvgIpc) is 2.74. The Bertz CT molecular complexity index is 1040. The van der Waals surface area contributed by atoms with Crippen LogP contribution in [0.2, 0.25) is 0 Å². The fourth-order valence-corrected chi connectivity index (χ4v) is 4.80. The summed E-state index contributed by atoms with van der Waals surface area (Å²) in [5.74, 6) is 0.0679. The van der Waals surface area contributed by atoms with Crippen molar-refractivity contribution in [3.05, 3.63) is 105 Å². The molecule has 0 fully saturated rings. The van der Waals surface area contributed by atoms with E-state index in [1.807, 2.05) is 12.1 Å². The number of nitro benzene ring substituents is 1. The molecule has 0 spiro atoms. The van der Waals surface area contributed by atoms with Crippen molar-refractivity contribution in [1.82, 2.24) is 0 Å². The molecule has 3 aliphatic rings. The highest BCUT2D eigenvalue weighted by Crippen LogP contribution is 2.55. The van der Waals surface area contributed by atoms with Crippen molar-refractivity contribution in [1.29, 1.82) is 0 Å². The number of carbonyl (C=O) groups is 1. The molecule has 3 aromatic carbocycles. The third kappa shape index (κ3) is 2.51. The van der Waals surface area contributed by atoms with Gasteiger partial charge in [-0.1, -0.05) is 48.5 Å². The Morgan fingerprint density at radius 2 is 1.39 bits per heavy atom. The summed E-state index contributed by atoms with van der Waals surface area (Å²) in [6.07, 6.45) is 0.775. The van der Waals surface area contributed by atoms with E-state index >= 15 is 0 Å². The number of nitrogens with one attached hydrogen (secondary N) is 1. The first kappa shape index (κ1) is 16.7. The molecular weight excluding hydrogens is 352 g/mol. The fraction of sp³-hybridized carbons (Fsp3) is 0.174. The second-order valence-corrected chi connectivity index (χ2v) is 7.42. The Morgan fingerprint density at radius 1 is 0.857 bits per heavy atom. The Labute approximate surface area is 162 Å². The normalized spacial score (nSPS) is 21.5. The summed E-state index contributed by atoms with van der Waals surface area (Å²) < 4.78 is 0. The van der Waals surface area contributed by atoms with Gasteiger partial charge >= 0.3 is 0 Å². The van der Waals surface area contributed by atoms with Gasteiger partial charge in [0.25, 0.3) is 5.69 Å². The molecule has 1 amide bonds. The number of non-ortho nitro benzene ring substituents is 1. The zero-order chi connectivity index (χ0) is 19.3. The monoisotopic (exact) mass is 370 g/mol. The lowest BCUT2D eigenvalue weighted by atomic mass is 9.59. The number of hydrogen-bond donors (Lipinski definition) is 1. The molecule has 1 atom stereocenters.